The Balaban J connectivity index is 1.47. The van der Waals surface area contributed by atoms with Crippen molar-refractivity contribution in [1.82, 2.24) is 20.0 Å². The fourth-order valence-electron chi connectivity index (χ4n) is 2.77. The summed E-state index contributed by atoms with van der Waals surface area (Å²) in [5.74, 6) is 0. The molecule has 2 N–H and O–H groups in total. The number of hydrogen-bond donors (Lipinski definition) is 2. The summed E-state index contributed by atoms with van der Waals surface area (Å²) in [4.78, 5) is 13.7. The molecule has 1 fully saturated rings. The Labute approximate surface area is 135 Å². The average Bonchev–Trinajstić information content (AvgIpc) is 3.04. The van der Waals surface area contributed by atoms with Gasteiger partial charge in [-0.2, -0.15) is 5.10 Å². The van der Waals surface area contributed by atoms with Crippen LogP contribution in [0.15, 0.2) is 42.6 Å². The molecule has 1 aromatic heterocycles. The number of nitrogens with zero attached hydrogens (tertiary/aromatic N) is 3. The SMILES string of the molecule is O=C(NCCc1ccn(-c2ccccc2)n1)N1CCC[C@@H](O)C1. The zero-order valence-corrected chi connectivity index (χ0v) is 13.1. The number of carbonyl (C=O) groups excluding carboxylic acids is 1. The highest BCUT2D eigenvalue weighted by molar-refractivity contribution is 5.74. The maximum absolute atomic E-state index is 12.0. The number of likely N-dealkylation sites (tertiary alicyclic amines) is 1. The molecule has 1 saturated heterocycles. The van der Waals surface area contributed by atoms with Crippen molar-refractivity contribution in [2.45, 2.75) is 25.4 Å². The van der Waals surface area contributed by atoms with E-state index in [4.69, 9.17) is 0 Å². The van der Waals surface area contributed by atoms with E-state index < -0.39 is 6.10 Å². The van der Waals surface area contributed by atoms with Crippen LogP contribution in [-0.4, -0.2) is 51.6 Å². The first-order valence-corrected chi connectivity index (χ1v) is 8.03. The number of para-hydroxylation sites is 1. The van der Waals surface area contributed by atoms with Crippen molar-refractivity contribution in [3.63, 3.8) is 0 Å². The van der Waals surface area contributed by atoms with E-state index in [-0.39, 0.29) is 6.03 Å². The van der Waals surface area contributed by atoms with E-state index in [9.17, 15) is 9.90 Å². The summed E-state index contributed by atoms with van der Waals surface area (Å²) in [6.45, 7) is 1.68. The number of piperidine rings is 1. The van der Waals surface area contributed by atoms with Gasteiger partial charge in [0.2, 0.25) is 0 Å². The van der Waals surface area contributed by atoms with Gasteiger partial charge in [0.05, 0.1) is 17.5 Å². The molecular formula is C17H22N4O2. The van der Waals surface area contributed by atoms with Crippen LogP contribution >= 0.6 is 0 Å². The number of β-amino-alcohol motifs (C(OH)–C–C–N with tert-alkyl or cyclic N) is 1. The number of carbonyl (C=O) groups is 1. The third-order valence-electron chi connectivity index (χ3n) is 4.01. The predicted octanol–water partition coefficient (Wildman–Crippen LogP) is 1.58. The second-order valence-corrected chi connectivity index (χ2v) is 5.81. The van der Waals surface area contributed by atoms with E-state index in [2.05, 4.69) is 10.4 Å². The van der Waals surface area contributed by atoms with Crippen molar-refractivity contribution in [2.75, 3.05) is 19.6 Å². The number of nitrogens with one attached hydrogen (secondary N) is 1. The molecule has 122 valence electrons. The van der Waals surface area contributed by atoms with Crippen LogP contribution in [0, 0.1) is 0 Å². The van der Waals surface area contributed by atoms with Gasteiger partial charge >= 0.3 is 6.03 Å². The Morgan fingerprint density at radius 3 is 2.91 bits per heavy atom. The third-order valence-corrected chi connectivity index (χ3v) is 4.01. The number of aliphatic hydroxyl groups is 1. The minimum absolute atomic E-state index is 0.105. The zero-order chi connectivity index (χ0) is 16.1. The Morgan fingerprint density at radius 2 is 2.13 bits per heavy atom. The molecule has 0 aliphatic carbocycles. The van der Waals surface area contributed by atoms with Gasteiger partial charge in [0, 0.05) is 32.3 Å². The van der Waals surface area contributed by atoms with Gasteiger partial charge in [0.1, 0.15) is 0 Å². The molecule has 0 radical (unpaired) electrons. The zero-order valence-electron chi connectivity index (χ0n) is 13.1. The van der Waals surface area contributed by atoms with Gasteiger partial charge in [-0.1, -0.05) is 18.2 Å². The quantitative estimate of drug-likeness (QED) is 0.900. The predicted molar refractivity (Wildman–Crippen MR) is 87.5 cm³/mol. The molecule has 2 aromatic rings. The lowest BCUT2D eigenvalue weighted by molar-refractivity contribution is 0.0843. The molecule has 0 saturated carbocycles. The number of hydrogen-bond acceptors (Lipinski definition) is 3. The average molecular weight is 314 g/mol. The summed E-state index contributed by atoms with van der Waals surface area (Å²) in [6.07, 6.45) is 3.85. The van der Waals surface area contributed by atoms with Crippen molar-refractivity contribution in [3.05, 3.63) is 48.3 Å². The lowest BCUT2D eigenvalue weighted by atomic mass is 10.1. The van der Waals surface area contributed by atoms with E-state index in [0.717, 1.165) is 24.2 Å². The van der Waals surface area contributed by atoms with Crippen LogP contribution in [0.3, 0.4) is 0 Å². The topological polar surface area (TPSA) is 70.4 Å². The summed E-state index contributed by atoms with van der Waals surface area (Å²) in [5, 5.41) is 17.0. The largest absolute Gasteiger partial charge is 0.391 e. The first kappa shape index (κ1) is 15.6. The summed E-state index contributed by atoms with van der Waals surface area (Å²) in [5.41, 5.74) is 1.96. The van der Waals surface area contributed by atoms with E-state index in [1.54, 1.807) is 4.90 Å². The van der Waals surface area contributed by atoms with Crippen molar-refractivity contribution >= 4 is 6.03 Å². The fraction of sp³-hybridized carbons (Fsp3) is 0.412. The summed E-state index contributed by atoms with van der Waals surface area (Å²) < 4.78 is 1.83. The fourth-order valence-corrected chi connectivity index (χ4v) is 2.77. The molecule has 1 atom stereocenters. The minimum atomic E-state index is -0.393. The normalized spacial score (nSPS) is 18.0. The van der Waals surface area contributed by atoms with Gasteiger partial charge in [0.25, 0.3) is 0 Å². The lowest BCUT2D eigenvalue weighted by Gasteiger charge is -2.30. The van der Waals surface area contributed by atoms with Crippen LogP contribution in [-0.2, 0) is 6.42 Å². The minimum Gasteiger partial charge on any atom is -0.391 e. The Morgan fingerprint density at radius 1 is 1.30 bits per heavy atom. The number of urea groups is 1. The van der Waals surface area contributed by atoms with Crippen LogP contribution < -0.4 is 5.32 Å². The van der Waals surface area contributed by atoms with Crippen LogP contribution in [0.5, 0.6) is 0 Å². The highest BCUT2D eigenvalue weighted by atomic mass is 16.3. The van der Waals surface area contributed by atoms with Gasteiger partial charge in [-0.3, -0.25) is 0 Å². The monoisotopic (exact) mass is 314 g/mol. The number of aliphatic hydroxyl groups excluding tert-OH is 1. The van der Waals surface area contributed by atoms with Crippen molar-refractivity contribution < 1.29 is 9.90 Å². The lowest BCUT2D eigenvalue weighted by Crippen LogP contribution is -2.47. The third kappa shape index (κ3) is 4.10. The van der Waals surface area contributed by atoms with Crippen molar-refractivity contribution in [3.8, 4) is 5.69 Å². The van der Waals surface area contributed by atoms with Gasteiger partial charge in [-0.25, -0.2) is 9.48 Å². The molecule has 0 bridgehead atoms. The second kappa shape index (κ2) is 7.28. The summed E-state index contributed by atoms with van der Waals surface area (Å²) in [7, 11) is 0. The standard InChI is InChI=1S/C17H22N4O2/c22-16-7-4-11-20(13-16)17(23)18-10-8-14-9-12-21(19-14)15-5-2-1-3-6-15/h1-3,5-6,9,12,16,22H,4,7-8,10-11,13H2,(H,18,23)/t16-/m1/s1. The van der Waals surface area contributed by atoms with Crippen LogP contribution in [0.25, 0.3) is 5.69 Å². The molecule has 23 heavy (non-hydrogen) atoms. The second-order valence-electron chi connectivity index (χ2n) is 5.81. The molecule has 1 aliphatic heterocycles. The molecule has 0 spiro atoms. The van der Waals surface area contributed by atoms with Crippen molar-refractivity contribution in [1.29, 1.82) is 0 Å². The summed E-state index contributed by atoms with van der Waals surface area (Å²) in [6, 6.07) is 11.8. The highest BCUT2D eigenvalue weighted by Gasteiger charge is 2.21. The smallest absolute Gasteiger partial charge is 0.317 e. The molecule has 3 rings (SSSR count). The molecule has 1 aromatic carbocycles. The van der Waals surface area contributed by atoms with E-state index >= 15 is 0 Å². The number of aromatic nitrogens is 2. The van der Waals surface area contributed by atoms with Crippen LogP contribution in [0.4, 0.5) is 4.79 Å². The van der Waals surface area contributed by atoms with Crippen LogP contribution in [0.2, 0.25) is 0 Å². The molecule has 6 nitrogen and oxygen atoms in total. The Bertz CT molecular complexity index is 641. The molecule has 6 heteroatoms. The van der Waals surface area contributed by atoms with E-state index in [1.165, 1.54) is 0 Å². The van der Waals surface area contributed by atoms with Gasteiger partial charge in [-0.15, -0.1) is 0 Å². The van der Waals surface area contributed by atoms with Gasteiger partial charge in [-0.05, 0) is 31.0 Å². The first-order chi connectivity index (χ1) is 11.2. The van der Waals surface area contributed by atoms with Crippen LogP contribution in [0.1, 0.15) is 18.5 Å². The molecule has 1 aliphatic rings. The van der Waals surface area contributed by atoms with Gasteiger partial charge in [0.15, 0.2) is 0 Å². The Kier molecular flexibility index (Phi) is 4.92. The molecular weight excluding hydrogens is 292 g/mol. The molecule has 2 heterocycles. The maximum atomic E-state index is 12.0. The summed E-state index contributed by atoms with van der Waals surface area (Å²) >= 11 is 0. The van der Waals surface area contributed by atoms with Gasteiger partial charge < -0.3 is 15.3 Å². The van der Waals surface area contributed by atoms with E-state index in [0.29, 0.717) is 26.1 Å². The molecule has 2 amide bonds. The van der Waals surface area contributed by atoms with E-state index in [1.807, 2.05) is 47.3 Å². The molecule has 0 unspecified atom stereocenters. The Hall–Kier alpha value is -2.34. The number of rotatable bonds is 4. The number of amides is 2. The maximum Gasteiger partial charge on any atom is 0.317 e. The number of benzene rings is 1. The first-order valence-electron chi connectivity index (χ1n) is 8.03. The highest BCUT2D eigenvalue weighted by Crippen LogP contribution is 2.10. The van der Waals surface area contributed by atoms with Crippen molar-refractivity contribution in [2.24, 2.45) is 0 Å².